The summed E-state index contributed by atoms with van der Waals surface area (Å²) in [6.45, 7) is 1.57. The second kappa shape index (κ2) is 8.91. The lowest BCUT2D eigenvalue weighted by Crippen LogP contribution is -2.47. The molecule has 33 heavy (non-hydrogen) atoms. The minimum atomic E-state index is -0.501. The molecule has 6 heteroatoms. The number of hydrogen-bond donors (Lipinski definition) is 0. The highest BCUT2D eigenvalue weighted by atomic mass is 35.5. The van der Waals surface area contributed by atoms with Crippen molar-refractivity contribution in [2.24, 2.45) is 0 Å². The van der Waals surface area contributed by atoms with Crippen LogP contribution in [0.4, 0.5) is 0 Å². The van der Waals surface area contributed by atoms with Gasteiger partial charge in [0.05, 0.1) is 12.7 Å². The van der Waals surface area contributed by atoms with E-state index in [0.717, 1.165) is 28.7 Å². The van der Waals surface area contributed by atoms with Crippen molar-refractivity contribution in [2.75, 3.05) is 13.7 Å². The maximum absolute atomic E-state index is 13.8. The number of hydrogen-bond acceptors (Lipinski definition) is 3. The first-order chi connectivity index (χ1) is 16.1. The van der Waals surface area contributed by atoms with Crippen LogP contribution in [0.5, 0.6) is 5.75 Å². The number of carbonyl (C=O) groups excluding carboxylic acids is 2. The zero-order valence-corrected chi connectivity index (χ0v) is 19.2. The molecule has 1 fully saturated rings. The Morgan fingerprint density at radius 2 is 1.58 bits per heavy atom. The Morgan fingerprint density at radius 3 is 2.21 bits per heavy atom. The number of methoxy groups -OCH3 is 1. The summed E-state index contributed by atoms with van der Waals surface area (Å²) < 4.78 is 5.39. The quantitative estimate of drug-likeness (QED) is 0.542. The summed E-state index contributed by atoms with van der Waals surface area (Å²) >= 11 is 6.16. The molecule has 2 aliphatic heterocycles. The van der Waals surface area contributed by atoms with Crippen molar-refractivity contribution in [1.29, 1.82) is 0 Å². The maximum Gasteiger partial charge on any atom is 0.258 e. The Balaban J connectivity index is 1.46. The van der Waals surface area contributed by atoms with Crippen molar-refractivity contribution in [3.8, 4) is 16.9 Å². The molecule has 0 aromatic heterocycles. The van der Waals surface area contributed by atoms with E-state index in [1.807, 2.05) is 29.2 Å². The van der Waals surface area contributed by atoms with E-state index in [1.54, 1.807) is 23.1 Å². The Bertz CT molecular complexity index is 1180. The lowest BCUT2D eigenvalue weighted by Gasteiger charge is -2.30. The minimum absolute atomic E-state index is 0.0200. The van der Waals surface area contributed by atoms with Crippen molar-refractivity contribution in [3.63, 3.8) is 0 Å². The van der Waals surface area contributed by atoms with Gasteiger partial charge in [0.15, 0.2) is 0 Å². The lowest BCUT2D eigenvalue weighted by molar-refractivity contribution is -0.136. The van der Waals surface area contributed by atoms with Crippen LogP contribution in [0.2, 0.25) is 5.02 Å². The van der Waals surface area contributed by atoms with Crippen molar-refractivity contribution in [3.05, 3.63) is 88.4 Å². The fourth-order valence-corrected chi connectivity index (χ4v) is 5.12. The molecule has 1 atom stereocenters. The number of nitrogens with zero attached hydrogens (tertiary/aromatic N) is 2. The van der Waals surface area contributed by atoms with Crippen LogP contribution in [-0.2, 0) is 17.9 Å². The van der Waals surface area contributed by atoms with Gasteiger partial charge in [-0.3, -0.25) is 9.59 Å². The van der Waals surface area contributed by atoms with E-state index >= 15 is 0 Å². The first-order valence-corrected chi connectivity index (χ1v) is 11.5. The molecule has 0 saturated carbocycles. The molecule has 168 valence electrons. The number of amides is 2. The molecular weight excluding hydrogens is 436 g/mol. The van der Waals surface area contributed by atoms with Gasteiger partial charge in [-0.15, -0.1) is 0 Å². The largest absolute Gasteiger partial charge is 0.496 e. The van der Waals surface area contributed by atoms with Crippen LogP contribution in [0.25, 0.3) is 11.1 Å². The van der Waals surface area contributed by atoms with Gasteiger partial charge in [0.1, 0.15) is 11.8 Å². The second-order valence-corrected chi connectivity index (χ2v) is 8.95. The molecule has 2 aliphatic rings. The predicted octanol–water partition coefficient (Wildman–Crippen LogP) is 5.16. The van der Waals surface area contributed by atoms with Crippen LogP contribution in [-0.4, -0.2) is 41.3 Å². The average Bonchev–Trinajstić information content (AvgIpc) is 3.26. The molecule has 5 nitrogen and oxygen atoms in total. The Morgan fingerprint density at radius 1 is 0.939 bits per heavy atom. The molecule has 3 aromatic rings. The molecule has 5 rings (SSSR count). The average molecular weight is 461 g/mol. The molecule has 0 aliphatic carbocycles. The SMILES string of the molecule is COc1ccc(Cl)cc1C(=O)N1CCCC1C(=O)N1Cc2ccccc2-c2ccccc2C1. The van der Waals surface area contributed by atoms with E-state index in [1.165, 1.54) is 7.11 Å². The zero-order valence-electron chi connectivity index (χ0n) is 18.5. The van der Waals surface area contributed by atoms with E-state index < -0.39 is 6.04 Å². The Kier molecular flexibility index (Phi) is 5.81. The normalized spacial score (nSPS) is 17.2. The van der Waals surface area contributed by atoms with Crippen LogP contribution in [0.1, 0.15) is 34.3 Å². The number of fused-ring (bicyclic) bond motifs is 3. The van der Waals surface area contributed by atoms with Crippen LogP contribution in [0.3, 0.4) is 0 Å². The van der Waals surface area contributed by atoms with Crippen LogP contribution >= 0.6 is 11.6 Å². The molecule has 2 heterocycles. The van der Waals surface area contributed by atoms with Gasteiger partial charge in [0, 0.05) is 24.7 Å². The summed E-state index contributed by atoms with van der Waals surface area (Å²) in [5, 5.41) is 0.460. The topological polar surface area (TPSA) is 49.9 Å². The fourth-order valence-electron chi connectivity index (χ4n) is 4.94. The number of carbonyl (C=O) groups is 2. The molecular formula is C27H25ClN2O3. The monoisotopic (exact) mass is 460 g/mol. The van der Waals surface area contributed by atoms with Crippen LogP contribution in [0, 0.1) is 0 Å². The number of halogens is 1. The van der Waals surface area contributed by atoms with Gasteiger partial charge in [0.2, 0.25) is 5.91 Å². The molecule has 1 saturated heterocycles. The van der Waals surface area contributed by atoms with Gasteiger partial charge in [-0.05, 0) is 53.3 Å². The van der Waals surface area contributed by atoms with Crippen molar-refractivity contribution >= 4 is 23.4 Å². The summed E-state index contributed by atoms with van der Waals surface area (Å²) in [7, 11) is 1.53. The lowest BCUT2D eigenvalue weighted by atomic mass is 9.97. The van der Waals surface area contributed by atoms with Crippen molar-refractivity contribution in [2.45, 2.75) is 32.0 Å². The minimum Gasteiger partial charge on any atom is -0.496 e. The van der Waals surface area contributed by atoms with E-state index in [2.05, 4.69) is 24.3 Å². The third-order valence-electron chi connectivity index (χ3n) is 6.55. The van der Waals surface area contributed by atoms with E-state index in [0.29, 0.717) is 42.4 Å². The first kappa shape index (κ1) is 21.5. The first-order valence-electron chi connectivity index (χ1n) is 11.2. The number of likely N-dealkylation sites (tertiary alicyclic amines) is 1. The molecule has 0 spiro atoms. The fraction of sp³-hybridized carbons (Fsp3) is 0.259. The highest BCUT2D eigenvalue weighted by Crippen LogP contribution is 2.34. The molecule has 0 N–H and O–H groups in total. The highest BCUT2D eigenvalue weighted by Gasteiger charge is 2.38. The third-order valence-corrected chi connectivity index (χ3v) is 6.78. The second-order valence-electron chi connectivity index (χ2n) is 8.51. The van der Waals surface area contributed by atoms with Gasteiger partial charge in [-0.1, -0.05) is 60.1 Å². The van der Waals surface area contributed by atoms with Gasteiger partial charge in [-0.25, -0.2) is 0 Å². The Hall–Kier alpha value is -3.31. The summed E-state index contributed by atoms with van der Waals surface area (Å²) in [6, 6.07) is 20.9. The zero-order chi connectivity index (χ0) is 22.9. The standard InChI is InChI=1S/C27H25ClN2O3/c1-33-25-13-12-20(28)15-23(25)26(31)30-14-6-11-24(30)27(32)29-16-18-7-2-4-9-21(18)22-10-5-3-8-19(22)17-29/h2-5,7-10,12-13,15,24H,6,11,14,16-17H2,1H3. The number of benzene rings is 3. The van der Waals surface area contributed by atoms with E-state index in [9.17, 15) is 9.59 Å². The molecule has 3 aromatic carbocycles. The third kappa shape index (κ3) is 3.98. The van der Waals surface area contributed by atoms with E-state index in [4.69, 9.17) is 16.3 Å². The van der Waals surface area contributed by atoms with Gasteiger partial charge in [-0.2, -0.15) is 0 Å². The van der Waals surface area contributed by atoms with Gasteiger partial charge >= 0.3 is 0 Å². The molecule has 2 amide bonds. The van der Waals surface area contributed by atoms with E-state index in [-0.39, 0.29) is 11.8 Å². The molecule has 0 bridgehead atoms. The smallest absolute Gasteiger partial charge is 0.258 e. The Labute approximate surface area is 198 Å². The van der Waals surface area contributed by atoms with Gasteiger partial charge in [0.25, 0.3) is 5.91 Å². The van der Waals surface area contributed by atoms with Crippen LogP contribution in [0.15, 0.2) is 66.7 Å². The summed E-state index contributed by atoms with van der Waals surface area (Å²) in [4.78, 5) is 30.8. The maximum atomic E-state index is 13.8. The number of rotatable bonds is 3. The summed E-state index contributed by atoms with van der Waals surface area (Å²) in [5.41, 5.74) is 4.93. The van der Waals surface area contributed by atoms with Crippen LogP contribution < -0.4 is 4.74 Å². The summed E-state index contributed by atoms with van der Waals surface area (Å²) in [6.07, 6.45) is 1.43. The molecule has 0 radical (unpaired) electrons. The highest BCUT2D eigenvalue weighted by molar-refractivity contribution is 6.31. The molecule has 1 unspecified atom stereocenters. The van der Waals surface area contributed by atoms with Crippen molar-refractivity contribution < 1.29 is 14.3 Å². The number of ether oxygens (including phenoxy) is 1. The van der Waals surface area contributed by atoms with Gasteiger partial charge < -0.3 is 14.5 Å². The van der Waals surface area contributed by atoms with Crippen molar-refractivity contribution in [1.82, 2.24) is 9.80 Å². The summed E-state index contributed by atoms with van der Waals surface area (Å²) in [5.74, 6) is 0.217. The predicted molar refractivity (Wildman–Crippen MR) is 128 cm³/mol.